The van der Waals surface area contributed by atoms with Gasteiger partial charge in [-0.1, -0.05) is 48.5 Å². The van der Waals surface area contributed by atoms with Gasteiger partial charge in [0, 0.05) is 30.7 Å². The normalized spacial score (nSPS) is 15.9. The first kappa shape index (κ1) is 27.8. The highest BCUT2D eigenvalue weighted by Crippen LogP contribution is 2.40. The van der Waals surface area contributed by atoms with Crippen LogP contribution in [0.3, 0.4) is 0 Å². The van der Waals surface area contributed by atoms with E-state index in [2.05, 4.69) is 25.4 Å². The molecule has 0 radical (unpaired) electrons. The van der Waals surface area contributed by atoms with Crippen LogP contribution in [0, 0.1) is 0 Å². The van der Waals surface area contributed by atoms with Crippen molar-refractivity contribution in [3.8, 4) is 0 Å². The molecule has 4 aromatic rings. The maximum Gasteiger partial charge on any atom is 0.257 e. The van der Waals surface area contributed by atoms with Crippen molar-refractivity contribution in [2.24, 2.45) is 0 Å². The van der Waals surface area contributed by atoms with Gasteiger partial charge in [-0.2, -0.15) is 0 Å². The fourth-order valence-electron chi connectivity index (χ4n) is 5.84. The molecule has 0 unspecified atom stereocenters. The molecule has 3 amide bonds. The van der Waals surface area contributed by atoms with Gasteiger partial charge in [-0.25, -0.2) is 4.98 Å². The van der Waals surface area contributed by atoms with E-state index in [9.17, 15) is 14.4 Å². The summed E-state index contributed by atoms with van der Waals surface area (Å²) in [5.74, 6) is 0.173. The Balaban J connectivity index is 1.15. The number of aromatic nitrogens is 1. The van der Waals surface area contributed by atoms with Crippen LogP contribution in [0.25, 0.3) is 0 Å². The lowest BCUT2D eigenvalue weighted by Crippen LogP contribution is -2.57. The highest BCUT2D eigenvalue weighted by Gasteiger charge is 2.54. The number of nitrogens with two attached hydrogens (primary N) is 1. The molecule has 1 aromatic heterocycles. The summed E-state index contributed by atoms with van der Waals surface area (Å²) in [6.07, 6.45) is 2.68. The lowest BCUT2D eigenvalue weighted by atomic mass is 9.85. The Morgan fingerprint density at radius 2 is 1.51 bits per heavy atom. The van der Waals surface area contributed by atoms with Crippen LogP contribution in [-0.4, -0.2) is 59.4 Å². The number of rotatable bonds is 7. The van der Waals surface area contributed by atoms with E-state index in [0.717, 1.165) is 11.5 Å². The van der Waals surface area contributed by atoms with Crippen LogP contribution >= 0.6 is 0 Å². The molecular formula is C33H33N7O3. The zero-order valence-electron chi connectivity index (χ0n) is 23.6. The van der Waals surface area contributed by atoms with E-state index in [1.54, 1.807) is 29.3 Å². The monoisotopic (exact) mass is 575 g/mol. The number of piperidine rings is 1. The van der Waals surface area contributed by atoms with E-state index in [1.807, 2.05) is 78.9 Å². The third-order valence-corrected chi connectivity index (χ3v) is 8.11. The largest absolute Gasteiger partial charge is 0.397 e. The molecule has 0 aliphatic carbocycles. The van der Waals surface area contributed by atoms with Crippen molar-refractivity contribution in [1.29, 1.82) is 0 Å². The van der Waals surface area contributed by atoms with Crippen LogP contribution in [0.4, 0.5) is 28.6 Å². The molecule has 1 spiro atoms. The molecule has 3 heterocycles. The first-order valence-corrected chi connectivity index (χ1v) is 14.3. The summed E-state index contributed by atoms with van der Waals surface area (Å²) in [6.45, 7) is 1.50. The molecular weight excluding hydrogens is 542 g/mol. The number of benzene rings is 3. The molecule has 3 aromatic carbocycles. The van der Waals surface area contributed by atoms with Crippen molar-refractivity contribution in [3.05, 3.63) is 109 Å². The standard InChI is InChI=1S/C33H33N7O3/c34-27-13-7-8-14-28(27)37-31(42)24-15-16-29(35-21-24)38-19-17-33(18-20-38)32(43)39(23-40(33)26-11-5-2-6-12-26)22-30(41)36-25-9-3-1-4-10-25/h1-16,21H,17-20,22-23,34H2,(H,36,41)(H,37,42). The zero-order chi connectivity index (χ0) is 29.8. The summed E-state index contributed by atoms with van der Waals surface area (Å²) < 4.78 is 0. The summed E-state index contributed by atoms with van der Waals surface area (Å²) >= 11 is 0. The van der Waals surface area contributed by atoms with E-state index in [1.165, 1.54) is 0 Å². The Hall–Kier alpha value is -5.38. The summed E-state index contributed by atoms with van der Waals surface area (Å²) in [5, 5.41) is 5.71. The van der Waals surface area contributed by atoms with Crippen LogP contribution in [-0.2, 0) is 9.59 Å². The smallest absolute Gasteiger partial charge is 0.257 e. The Kier molecular flexibility index (Phi) is 7.65. The third-order valence-electron chi connectivity index (χ3n) is 8.11. The van der Waals surface area contributed by atoms with Crippen molar-refractivity contribution in [3.63, 3.8) is 0 Å². The number of para-hydroxylation sites is 4. The Morgan fingerprint density at radius 3 is 2.19 bits per heavy atom. The number of carbonyl (C=O) groups is 3. The van der Waals surface area contributed by atoms with Gasteiger partial charge in [0.2, 0.25) is 5.91 Å². The summed E-state index contributed by atoms with van der Waals surface area (Å²) in [4.78, 5) is 50.1. The predicted octanol–water partition coefficient (Wildman–Crippen LogP) is 4.20. The topological polar surface area (TPSA) is 124 Å². The fraction of sp³-hybridized carbons (Fsp3) is 0.212. The Morgan fingerprint density at radius 1 is 0.837 bits per heavy atom. The van der Waals surface area contributed by atoms with Gasteiger partial charge < -0.3 is 31.1 Å². The molecule has 218 valence electrons. The van der Waals surface area contributed by atoms with Crippen molar-refractivity contribution < 1.29 is 14.4 Å². The molecule has 10 heteroatoms. The highest BCUT2D eigenvalue weighted by atomic mass is 16.2. The average molecular weight is 576 g/mol. The molecule has 43 heavy (non-hydrogen) atoms. The minimum absolute atomic E-state index is 0.0256. The lowest BCUT2D eigenvalue weighted by molar-refractivity contribution is -0.135. The van der Waals surface area contributed by atoms with Gasteiger partial charge in [0.05, 0.1) is 23.6 Å². The first-order valence-electron chi connectivity index (χ1n) is 14.3. The number of nitrogens with one attached hydrogen (secondary N) is 2. The lowest BCUT2D eigenvalue weighted by Gasteiger charge is -2.43. The van der Waals surface area contributed by atoms with Gasteiger partial charge >= 0.3 is 0 Å². The van der Waals surface area contributed by atoms with Crippen molar-refractivity contribution in [2.45, 2.75) is 18.4 Å². The van der Waals surface area contributed by atoms with Crippen LogP contribution < -0.4 is 26.2 Å². The molecule has 2 saturated heterocycles. The molecule has 2 aliphatic heterocycles. The second-order valence-electron chi connectivity index (χ2n) is 10.8. The van der Waals surface area contributed by atoms with Crippen LogP contribution in [0.2, 0.25) is 0 Å². The zero-order valence-corrected chi connectivity index (χ0v) is 23.6. The van der Waals surface area contributed by atoms with E-state index < -0.39 is 5.54 Å². The molecule has 0 bridgehead atoms. The maximum atomic E-state index is 14.0. The van der Waals surface area contributed by atoms with E-state index >= 15 is 0 Å². The highest BCUT2D eigenvalue weighted by molar-refractivity contribution is 6.05. The van der Waals surface area contributed by atoms with Gasteiger partial charge in [0.25, 0.3) is 11.8 Å². The van der Waals surface area contributed by atoms with Crippen molar-refractivity contribution in [1.82, 2.24) is 9.88 Å². The number of nitrogens with zero attached hydrogens (tertiary/aromatic N) is 4. The SMILES string of the molecule is Nc1ccccc1NC(=O)c1ccc(N2CCC3(CC2)C(=O)N(CC(=O)Nc2ccccc2)CN3c2ccccc2)nc1. The second kappa shape index (κ2) is 11.8. The maximum absolute atomic E-state index is 14.0. The molecule has 10 nitrogen and oxygen atoms in total. The van der Waals surface area contributed by atoms with E-state index in [4.69, 9.17) is 5.73 Å². The minimum Gasteiger partial charge on any atom is -0.397 e. The van der Waals surface area contributed by atoms with Gasteiger partial charge in [0.1, 0.15) is 17.9 Å². The quantitative estimate of drug-likeness (QED) is 0.282. The van der Waals surface area contributed by atoms with Gasteiger partial charge in [-0.15, -0.1) is 0 Å². The van der Waals surface area contributed by atoms with E-state index in [-0.39, 0.29) is 24.3 Å². The van der Waals surface area contributed by atoms with Crippen LogP contribution in [0.15, 0.2) is 103 Å². The van der Waals surface area contributed by atoms with Gasteiger partial charge in [0.15, 0.2) is 0 Å². The van der Waals surface area contributed by atoms with Gasteiger partial charge in [-0.05, 0) is 61.4 Å². The molecule has 6 rings (SSSR count). The van der Waals surface area contributed by atoms with Gasteiger partial charge in [-0.3, -0.25) is 14.4 Å². The van der Waals surface area contributed by atoms with Crippen LogP contribution in [0.1, 0.15) is 23.2 Å². The summed E-state index contributed by atoms with van der Waals surface area (Å²) in [5.41, 5.74) is 8.29. The van der Waals surface area contributed by atoms with Crippen LogP contribution in [0.5, 0.6) is 0 Å². The molecule has 2 fully saturated rings. The summed E-state index contributed by atoms with van der Waals surface area (Å²) in [7, 11) is 0. The minimum atomic E-state index is -0.764. The number of pyridine rings is 1. The summed E-state index contributed by atoms with van der Waals surface area (Å²) in [6, 6.07) is 29.8. The van der Waals surface area contributed by atoms with E-state index in [0.29, 0.717) is 55.2 Å². The number of amides is 3. The fourth-order valence-corrected chi connectivity index (χ4v) is 5.84. The second-order valence-corrected chi connectivity index (χ2v) is 10.8. The molecule has 4 N–H and O–H groups in total. The first-order chi connectivity index (χ1) is 20.9. The molecule has 2 aliphatic rings. The van der Waals surface area contributed by atoms with Crippen molar-refractivity contribution >= 4 is 46.3 Å². The average Bonchev–Trinajstić information content (AvgIpc) is 3.29. The number of anilines is 5. The number of carbonyl (C=O) groups excluding carboxylic acids is 3. The Labute approximate surface area is 250 Å². The Bertz CT molecular complexity index is 1600. The number of hydrogen-bond acceptors (Lipinski definition) is 7. The predicted molar refractivity (Wildman–Crippen MR) is 168 cm³/mol. The molecule has 0 atom stereocenters. The number of hydrogen-bond donors (Lipinski definition) is 3. The third kappa shape index (κ3) is 5.72. The molecule has 0 saturated carbocycles. The van der Waals surface area contributed by atoms with Crippen molar-refractivity contribution in [2.75, 3.05) is 52.5 Å². The number of nitrogen functional groups attached to an aromatic ring is 1.